The van der Waals surface area contributed by atoms with Crippen LogP contribution in [0.5, 0.6) is 0 Å². The molecule has 0 amide bonds. The van der Waals surface area contributed by atoms with Crippen LogP contribution in [-0.2, 0) is 25.6 Å². The standard InChI is InChI=1S/C20H18N4O2S2/c1-11-5-3-8-15-21-12(9-16(25)24(11)15)10-27-20-22-18-17(19(26)23(20)2)13-6-4-7-14(13)28-18/h3,5,8-9H,4,6-7,10H2,1-2H3. The van der Waals surface area contributed by atoms with Crippen LogP contribution in [0.25, 0.3) is 15.9 Å². The molecule has 0 spiro atoms. The van der Waals surface area contributed by atoms with Crippen molar-refractivity contribution in [3.05, 3.63) is 66.8 Å². The quantitative estimate of drug-likeness (QED) is 0.383. The van der Waals surface area contributed by atoms with Crippen LogP contribution in [0.15, 0.2) is 39.0 Å². The van der Waals surface area contributed by atoms with E-state index in [1.165, 1.54) is 22.2 Å². The summed E-state index contributed by atoms with van der Waals surface area (Å²) in [6.07, 6.45) is 3.15. The van der Waals surface area contributed by atoms with Gasteiger partial charge in [0.15, 0.2) is 5.16 Å². The maximum Gasteiger partial charge on any atom is 0.262 e. The number of rotatable bonds is 3. The van der Waals surface area contributed by atoms with Gasteiger partial charge >= 0.3 is 0 Å². The molecular weight excluding hydrogens is 392 g/mol. The molecular formula is C20H18N4O2S2. The minimum atomic E-state index is -0.0920. The van der Waals surface area contributed by atoms with Crippen LogP contribution in [0.1, 0.15) is 28.2 Å². The highest BCUT2D eigenvalue weighted by molar-refractivity contribution is 7.98. The molecule has 0 saturated carbocycles. The molecule has 28 heavy (non-hydrogen) atoms. The molecule has 0 aromatic carbocycles. The molecule has 142 valence electrons. The Morgan fingerprint density at radius 2 is 2.07 bits per heavy atom. The van der Waals surface area contributed by atoms with Gasteiger partial charge in [-0.2, -0.15) is 0 Å². The van der Waals surface area contributed by atoms with Crippen molar-refractivity contribution >= 4 is 39.0 Å². The van der Waals surface area contributed by atoms with Gasteiger partial charge in [0.1, 0.15) is 10.5 Å². The van der Waals surface area contributed by atoms with Crippen molar-refractivity contribution in [2.45, 2.75) is 37.1 Å². The van der Waals surface area contributed by atoms with Crippen molar-refractivity contribution < 1.29 is 0 Å². The van der Waals surface area contributed by atoms with E-state index in [2.05, 4.69) is 4.98 Å². The van der Waals surface area contributed by atoms with Crippen LogP contribution >= 0.6 is 23.1 Å². The average Bonchev–Trinajstić information content (AvgIpc) is 3.24. The van der Waals surface area contributed by atoms with Gasteiger partial charge in [0.2, 0.25) is 0 Å². The van der Waals surface area contributed by atoms with E-state index >= 15 is 0 Å². The molecule has 0 unspecified atom stereocenters. The average molecular weight is 411 g/mol. The Morgan fingerprint density at radius 3 is 2.93 bits per heavy atom. The second kappa shape index (κ2) is 6.56. The summed E-state index contributed by atoms with van der Waals surface area (Å²) < 4.78 is 3.22. The SMILES string of the molecule is Cc1cccc2nc(CSc3nc4sc5c(c4c(=O)n3C)CCC5)cc(=O)n12. The molecule has 0 saturated heterocycles. The fraction of sp³-hybridized carbons (Fsp3) is 0.300. The predicted octanol–water partition coefficient (Wildman–Crippen LogP) is 3.09. The fourth-order valence-electron chi connectivity index (χ4n) is 3.81. The van der Waals surface area contributed by atoms with E-state index in [9.17, 15) is 9.59 Å². The predicted molar refractivity (Wildman–Crippen MR) is 113 cm³/mol. The van der Waals surface area contributed by atoms with E-state index in [0.717, 1.165) is 35.2 Å². The van der Waals surface area contributed by atoms with Gasteiger partial charge in [0.25, 0.3) is 11.1 Å². The fourth-order valence-corrected chi connectivity index (χ4v) is 5.98. The molecule has 1 aliphatic carbocycles. The van der Waals surface area contributed by atoms with Crippen molar-refractivity contribution in [1.29, 1.82) is 0 Å². The first-order valence-corrected chi connectivity index (χ1v) is 11.0. The zero-order valence-electron chi connectivity index (χ0n) is 15.6. The van der Waals surface area contributed by atoms with Crippen LogP contribution < -0.4 is 11.1 Å². The van der Waals surface area contributed by atoms with Crippen molar-refractivity contribution in [1.82, 2.24) is 18.9 Å². The van der Waals surface area contributed by atoms with Crippen molar-refractivity contribution in [3.8, 4) is 0 Å². The number of nitrogens with zero attached hydrogens (tertiary/aromatic N) is 4. The van der Waals surface area contributed by atoms with E-state index in [1.54, 1.807) is 33.4 Å². The minimum absolute atomic E-state index is 0.0223. The molecule has 4 aromatic rings. The van der Waals surface area contributed by atoms with Crippen LogP contribution in [0, 0.1) is 6.92 Å². The summed E-state index contributed by atoms with van der Waals surface area (Å²) in [6, 6.07) is 7.17. The van der Waals surface area contributed by atoms with Crippen molar-refractivity contribution in [2.75, 3.05) is 0 Å². The number of hydrogen-bond acceptors (Lipinski definition) is 6. The number of pyridine rings is 1. The third kappa shape index (κ3) is 2.70. The van der Waals surface area contributed by atoms with Gasteiger partial charge in [0, 0.05) is 29.4 Å². The highest BCUT2D eigenvalue weighted by atomic mass is 32.2. The normalized spacial score (nSPS) is 13.5. The highest BCUT2D eigenvalue weighted by Gasteiger charge is 2.22. The summed E-state index contributed by atoms with van der Waals surface area (Å²) in [5.41, 5.74) is 3.30. The Balaban J connectivity index is 1.51. The van der Waals surface area contributed by atoms with Crippen LogP contribution in [0.2, 0.25) is 0 Å². The van der Waals surface area contributed by atoms with Gasteiger partial charge in [-0.05, 0) is 43.9 Å². The van der Waals surface area contributed by atoms with E-state index in [4.69, 9.17) is 4.98 Å². The first-order chi connectivity index (χ1) is 13.5. The molecule has 0 bridgehead atoms. The number of thiophene rings is 1. The second-order valence-electron chi connectivity index (χ2n) is 7.03. The number of aromatic nitrogens is 4. The topological polar surface area (TPSA) is 69.3 Å². The molecule has 5 rings (SSSR count). The molecule has 0 radical (unpaired) electrons. The van der Waals surface area contributed by atoms with E-state index in [1.807, 2.05) is 25.1 Å². The molecule has 0 atom stereocenters. The van der Waals surface area contributed by atoms with Crippen LogP contribution in [-0.4, -0.2) is 18.9 Å². The van der Waals surface area contributed by atoms with Crippen molar-refractivity contribution in [3.63, 3.8) is 0 Å². The molecule has 0 fully saturated rings. The van der Waals surface area contributed by atoms with E-state index in [-0.39, 0.29) is 11.1 Å². The number of fused-ring (bicyclic) bond motifs is 4. The maximum atomic E-state index is 12.9. The third-order valence-electron chi connectivity index (χ3n) is 5.19. The molecule has 6 nitrogen and oxygen atoms in total. The largest absolute Gasteiger partial charge is 0.290 e. The Morgan fingerprint density at radius 1 is 1.21 bits per heavy atom. The zero-order valence-corrected chi connectivity index (χ0v) is 17.2. The maximum absolute atomic E-state index is 12.9. The summed E-state index contributed by atoms with van der Waals surface area (Å²) in [6.45, 7) is 1.89. The molecule has 4 aromatic heterocycles. The minimum Gasteiger partial charge on any atom is -0.290 e. The van der Waals surface area contributed by atoms with E-state index in [0.29, 0.717) is 22.3 Å². The summed E-state index contributed by atoms with van der Waals surface area (Å²) in [5, 5.41) is 1.45. The number of aryl methyl sites for hydroxylation is 3. The Hall–Kier alpha value is -2.45. The van der Waals surface area contributed by atoms with Gasteiger partial charge in [0.05, 0.1) is 11.1 Å². The Kier molecular flexibility index (Phi) is 4.13. The summed E-state index contributed by atoms with van der Waals surface area (Å²) in [4.78, 5) is 36.8. The number of thioether (sulfide) groups is 1. The summed E-state index contributed by atoms with van der Waals surface area (Å²) >= 11 is 3.08. The Labute approximate surface area is 168 Å². The lowest BCUT2D eigenvalue weighted by Crippen LogP contribution is -2.20. The Bertz CT molecular complexity index is 1370. The van der Waals surface area contributed by atoms with Gasteiger partial charge in [-0.3, -0.25) is 18.6 Å². The lowest BCUT2D eigenvalue weighted by Gasteiger charge is -2.09. The molecule has 4 heterocycles. The van der Waals surface area contributed by atoms with Gasteiger partial charge < -0.3 is 0 Å². The smallest absolute Gasteiger partial charge is 0.262 e. The van der Waals surface area contributed by atoms with Gasteiger partial charge in [-0.1, -0.05) is 17.8 Å². The van der Waals surface area contributed by atoms with E-state index < -0.39 is 0 Å². The van der Waals surface area contributed by atoms with Crippen LogP contribution in [0.3, 0.4) is 0 Å². The van der Waals surface area contributed by atoms with Crippen molar-refractivity contribution in [2.24, 2.45) is 7.05 Å². The molecule has 0 aliphatic heterocycles. The van der Waals surface area contributed by atoms with Gasteiger partial charge in [-0.25, -0.2) is 9.97 Å². The molecule has 8 heteroatoms. The summed E-state index contributed by atoms with van der Waals surface area (Å²) in [5.74, 6) is 0.483. The molecule has 1 aliphatic rings. The van der Waals surface area contributed by atoms with Crippen LogP contribution in [0.4, 0.5) is 0 Å². The zero-order chi connectivity index (χ0) is 19.4. The second-order valence-corrected chi connectivity index (χ2v) is 9.06. The highest BCUT2D eigenvalue weighted by Crippen LogP contribution is 2.35. The molecule has 0 N–H and O–H groups in total. The number of hydrogen-bond donors (Lipinski definition) is 0. The first-order valence-electron chi connectivity index (χ1n) is 9.15. The first kappa shape index (κ1) is 17.6. The lowest BCUT2D eigenvalue weighted by atomic mass is 10.2. The summed E-state index contributed by atoms with van der Waals surface area (Å²) in [7, 11) is 1.77. The monoisotopic (exact) mass is 410 g/mol. The third-order valence-corrected chi connectivity index (χ3v) is 7.44. The lowest BCUT2D eigenvalue weighted by molar-refractivity contribution is 0.726. The van der Waals surface area contributed by atoms with Gasteiger partial charge in [-0.15, -0.1) is 11.3 Å².